The number of para-hydroxylation sites is 2. The van der Waals surface area contributed by atoms with E-state index in [2.05, 4.69) is 10.6 Å². The Bertz CT molecular complexity index is 593. The van der Waals surface area contributed by atoms with E-state index in [4.69, 9.17) is 4.74 Å². The van der Waals surface area contributed by atoms with Crippen LogP contribution in [0, 0.1) is 16.0 Å². The average molecular weight is 337 g/mol. The van der Waals surface area contributed by atoms with Crippen LogP contribution in [0.3, 0.4) is 0 Å². The normalized spacial score (nSPS) is 21.5. The summed E-state index contributed by atoms with van der Waals surface area (Å²) in [5, 5.41) is 26.5. The third kappa shape index (κ3) is 4.65. The molecule has 1 aromatic rings. The smallest absolute Gasteiger partial charge is 0.292 e. The van der Waals surface area contributed by atoms with Gasteiger partial charge in [0.25, 0.3) is 5.69 Å². The molecule has 0 aromatic heterocycles. The Morgan fingerprint density at radius 1 is 1.46 bits per heavy atom. The van der Waals surface area contributed by atoms with Gasteiger partial charge in [-0.15, -0.1) is 0 Å². The van der Waals surface area contributed by atoms with Crippen LogP contribution in [0.15, 0.2) is 24.3 Å². The van der Waals surface area contributed by atoms with Gasteiger partial charge in [0.15, 0.2) is 6.29 Å². The van der Waals surface area contributed by atoms with Crippen molar-refractivity contribution in [2.45, 2.75) is 45.1 Å². The Balaban J connectivity index is 2.13. The van der Waals surface area contributed by atoms with Crippen molar-refractivity contribution < 1.29 is 19.6 Å². The summed E-state index contributed by atoms with van der Waals surface area (Å²) in [6, 6.07) is 5.12. The molecule has 2 rings (SSSR count). The minimum Gasteiger partial charge on any atom is -0.368 e. The van der Waals surface area contributed by atoms with E-state index in [-0.39, 0.29) is 17.5 Å². The van der Waals surface area contributed by atoms with Crippen LogP contribution in [0.2, 0.25) is 0 Å². The molecule has 1 amide bonds. The van der Waals surface area contributed by atoms with Crippen LogP contribution in [-0.4, -0.2) is 40.9 Å². The number of benzene rings is 1. The zero-order valence-corrected chi connectivity index (χ0v) is 13.8. The summed E-state index contributed by atoms with van der Waals surface area (Å²) in [6.45, 7) is 4.32. The Kier molecular flexibility index (Phi) is 6.10. The maximum Gasteiger partial charge on any atom is 0.292 e. The van der Waals surface area contributed by atoms with Crippen LogP contribution in [0.5, 0.6) is 0 Å². The van der Waals surface area contributed by atoms with Crippen molar-refractivity contribution in [3.63, 3.8) is 0 Å². The molecule has 1 saturated heterocycles. The van der Waals surface area contributed by atoms with Crippen LogP contribution >= 0.6 is 0 Å². The van der Waals surface area contributed by atoms with Crippen LogP contribution in [0.25, 0.3) is 0 Å². The predicted molar refractivity (Wildman–Crippen MR) is 88.5 cm³/mol. The van der Waals surface area contributed by atoms with Crippen molar-refractivity contribution in [3.05, 3.63) is 34.4 Å². The summed E-state index contributed by atoms with van der Waals surface area (Å²) in [7, 11) is 0. The lowest BCUT2D eigenvalue weighted by molar-refractivity contribution is -0.384. The number of ether oxygens (including phenoxy) is 1. The van der Waals surface area contributed by atoms with Gasteiger partial charge in [-0.25, -0.2) is 0 Å². The molecular weight excluding hydrogens is 314 g/mol. The van der Waals surface area contributed by atoms with Crippen molar-refractivity contribution in [2.24, 2.45) is 5.92 Å². The minimum atomic E-state index is -1.01. The van der Waals surface area contributed by atoms with Crippen LogP contribution < -0.4 is 10.6 Å². The zero-order valence-electron chi connectivity index (χ0n) is 13.8. The summed E-state index contributed by atoms with van der Waals surface area (Å²) < 4.78 is 5.03. The van der Waals surface area contributed by atoms with Crippen molar-refractivity contribution in [3.8, 4) is 0 Å². The maximum absolute atomic E-state index is 12.6. The Morgan fingerprint density at radius 3 is 2.75 bits per heavy atom. The average Bonchev–Trinajstić information content (AvgIpc) is 2.91. The molecular formula is C16H23N3O5. The van der Waals surface area contributed by atoms with Gasteiger partial charge < -0.3 is 20.5 Å². The van der Waals surface area contributed by atoms with Gasteiger partial charge in [0.05, 0.1) is 17.6 Å². The first-order valence-electron chi connectivity index (χ1n) is 7.98. The van der Waals surface area contributed by atoms with Crippen molar-refractivity contribution in [1.82, 2.24) is 5.32 Å². The molecule has 0 spiro atoms. The molecule has 8 nitrogen and oxygen atoms in total. The number of nitro benzene ring substituents is 1. The monoisotopic (exact) mass is 337 g/mol. The van der Waals surface area contributed by atoms with E-state index in [0.29, 0.717) is 25.1 Å². The molecule has 132 valence electrons. The highest BCUT2D eigenvalue weighted by molar-refractivity contribution is 5.85. The molecule has 1 fully saturated rings. The number of amides is 1. The third-order valence-corrected chi connectivity index (χ3v) is 3.84. The number of carbonyl (C=O) groups excluding carboxylic acids is 1. The van der Waals surface area contributed by atoms with Gasteiger partial charge in [0.1, 0.15) is 11.7 Å². The van der Waals surface area contributed by atoms with E-state index in [9.17, 15) is 20.0 Å². The number of hydrogen-bond acceptors (Lipinski definition) is 6. The Morgan fingerprint density at radius 2 is 2.17 bits per heavy atom. The molecule has 1 aromatic carbocycles. The van der Waals surface area contributed by atoms with Gasteiger partial charge >= 0.3 is 0 Å². The number of aliphatic hydroxyl groups excluding tert-OH is 1. The van der Waals surface area contributed by atoms with E-state index < -0.39 is 23.3 Å². The SMILES string of the molecule is CC(C)C[C@H](Nc1ccccc1[N+](=O)[O-])C(=O)N[C@H]1CCOC1O. The molecule has 0 aliphatic carbocycles. The highest BCUT2D eigenvalue weighted by Gasteiger charge is 2.31. The predicted octanol–water partition coefficient (Wildman–Crippen LogP) is 1.64. The quantitative estimate of drug-likeness (QED) is 0.515. The number of hydrogen-bond donors (Lipinski definition) is 3. The van der Waals surface area contributed by atoms with Gasteiger partial charge in [-0.05, 0) is 24.8 Å². The van der Waals surface area contributed by atoms with E-state index in [1.165, 1.54) is 6.07 Å². The van der Waals surface area contributed by atoms with Crippen LogP contribution in [0.1, 0.15) is 26.7 Å². The fourth-order valence-electron chi connectivity index (χ4n) is 2.65. The number of carbonyl (C=O) groups is 1. The van der Waals surface area contributed by atoms with E-state index in [0.717, 1.165) is 0 Å². The van der Waals surface area contributed by atoms with E-state index in [1.807, 2.05) is 13.8 Å². The Hall–Kier alpha value is -2.19. The molecule has 1 aliphatic rings. The lowest BCUT2D eigenvalue weighted by Crippen LogP contribution is -2.48. The second kappa shape index (κ2) is 8.07. The number of nitro groups is 1. The zero-order chi connectivity index (χ0) is 17.7. The summed E-state index contributed by atoms with van der Waals surface area (Å²) >= 11 is 0. The van der Waals surface area contributed by atoms with Gasteiger partial charge in [-0.1, -0.05) is 26.0 Å². The van der Waals surface area contributed by atoms with Gasteiger partial charge in [0, 0.05) is 6.07 Å². The molecule has 1 heterocycles. The summed E-state index contributed by atoms with van der Waals surface area (Å²) in [5.74, 6) is -0.0998. The second-order valence-electron chi connectivity index (χ2n) is 6.27. The molecule has 1 aliphatic heterocycles. The number of rotatable bonds is 7. The largest absolute Gasteiger partial charge is 0.368 e. The van der Waals surface area contributed by atoms with Gasteiger partial charge in [-0.2, -0.15) is 0 Å². The van der Waals surface area contributed by atoms with Crippen molar-refractivity contribution in [1.29, 1.82) is 0 Å². The summed E-state index contributed by atoms with van der Waals surface area (Å²) in [5.41, 5.74) is 0.217. The molecule has 24 heavy (non-hydrogen) atoms. The number of anilines is 1. The lowest BCUT2D eigenvalue weighted by atomic mass is 10.0. The van der Waals surface area contributed by atoms with E-state index >= 15 is 0 Å². The van der Waals surface area contributed by atoms with E-state index in [1.54, 1.807) is 18.2 Å². The van der Waals surface area contributed by atoms with Crippen LogP contribution in [-0.2, 0) is 9.53 Å². The Labute approximate surface area is 140 Å². The highest BCUT2D eigenvalue weighted by atomic mass is 16.6. The molecule has 3 N–H and O–H groups in total. The number of nitrogens with zero attached hydrogens (tertiary/aromatic N) is 1. The number of nitrogens with one attached hydrogen (secondary N) is 2. The fourth-order valence-corrected chi connectivity index (χ4v) is 2.65. The second-order valence-corrected chi connectivity index (χ2v) is 6.27. The first kappa shape index (κ1) is 18.2. The number of aliphatic hydroxyl groups is 1. The summed E-state index contributed by atoms with van der Waals surface area (Å²) in [6.07, 6.45) is 0.0219. The third-order valence-electron chi connectivity index (χ3n) is 3.84. The highest BCUT2D eigenvalue weighted by Crippen LogP contribution is 2.25. The molecule has 8 heteroatoms. The van der Waals surface area contributed by atoms with Crippen molar-refractivity contribution >= 4 is 17.3 Å². The maximum atomic E-state index is 12.6. The van der Waals surface area contributed by atoms with Gasteiger partial charge in [-0.3, -0.25) is 14.9 Å². The fraction of sp³-hybridized carbons (Fsp3) is 0.562. The standard InChI is InChI=1S/C16H23N3O5/c1-10(2)9-13(15(20)18-12-7-8-24-16(12)21)17-11-5-3-4-6-14(11)19(22)23/h3-6,10,12-13,16-17,21H,7-9H2,1-2H3,(H,18,20)/t12-,13-,16?/m0/s1. The first-order chi connectivity index (χ1) is 11.4. The molecule has 0 radical (unpaired) electrons. The van der Waals surface area contributed by atoms with Gasteiger partial charge in [0.2, 0.25) is 5.91 Å². The topological polar surface area (TPSA) is 114 Å². The molecule has 0 bridgehead atoms. The minimum absolute atomic E-state index is 0.0803. The lowest BCUT2D eigenvalue weighted by Gasteiger charge is -2.23. The summed E-state index contributed by atoms with van der Waals surface area (Å²) in [4.78, 5) is 23.2. The van der Waals surface area contributed by atoms with Crippen molar-refractivity contribution in [2.75, 3.05) is 11.9 Å². The van der Waals surface area contributed by atoms with Crippen LogP contribution in [0.4, 0.5) is 11.4 Å². The molecule has 1 unspecified atom stereocenters. The molecule has 0 saturated carbocycles. The molecule has 3 atom stereocenters. The first-order valence-corrected chi connectivity index (χ1v) is 7.98.